The van der Waals surface area contributed by atoms with E-state index < -0.39 is 0 Å². The fourth-order valence-electron chi connectivity index (χ4n) is 3.43. The molecule has 1 saturated carbocycles. The first kappa shape index (κ1) is 11.0. The summed E-state index contributed by atoms with van der Waals surface area (Å²) < 4.78 is 19.3. The minimum absolute atomic E-state index is 0.0947. The highest BCUT2D eigenvalue weighted by Gasteiger charge is 2.47. The molecule has 1 aliphatic heterocycles. The lowest BCUT2D eigenvalue weighted by Gasteiger charge is -2.47. The number of benzene rings is 1. The van der Waals surface area contributed by atoms with Crippen molar-refractivity contribution < 1.29 is 14.2 Å². The number of hydrogen-bond donors (Lipinski definition) is 1. The summed E-state index contributed by atoms with van der Waals surface area (Å²) in [5.74, 6) is 0.384. The zero-order valence-electron chi connectivity index (χ0n) is 9.79. The second kappa shape index (κ2) is 3.98. The molecule has 1 aromatic rings. The van der Waals surface area contributed by atoms with Gasteiger partial charge in [0, 0.05) is 16.9 Å². The van der Waals surface area contributed by atoms with Crippen LogP contribution in [0.25, 0.3) is 0 Å². The first-order valence-electron chi connectivity index (χ1n) is 6.30. The highest BCUT2D eigenvalue weighted by molar-refractivity contribution is 5.44. The fraction of sp³-hybridized carbons (Fsp3) is 0.571. The Morgan fingerprint density at radius 3 is 3.12 bits per heavy atom. The van der Waals surface area contributed by atoms with Crippen molar-refractivity contribution in [1.82, 2.24) is 0 Å². The van der Waals surface area contributed by atoms with E-state index in [0.717, 1.165) is 24.8 Å². The Kier molecular flexibility index (Phi) is 2.58. The third kappa shape index (κ3) is 1.48. The summed E-state index contributed by atoms with van der Waals surface area (Å²) >= 11 is 0. The van der Waals surface area contributed by atoms with Crippen molar-refractivity contribution in [2.24, 2.45) is 5.92 Å². The second-order valence-corrected chi connectivity index (χ2v) is 5.18. The molecular weight excluding hydrogens is 219 g/mol. The lowest BCUT2D eigenvalue weighted by atomic mass is 9.62. The van der Waals surface area contributed by atoms with Crippen LogP contribution in [0.2, 0.25) is 0 Å². The molecule has 0 spiro atoms. The topological polar surface area (TPSA) is 29.5 Å². The van der Waals surface area contributed by atoms with Crippen LogP contribution in [0.4, 0.5) is 4.39 Å². The zero-order chi connectivity index (χ0) is 11.9. The number of fused-ring (bicyclic) bond motifs is 3. The Morgan fingerprint density at radius 1 is 1.41 bits per heavy atom. The summed E-state index contributed by atoms with van der Waals surface area (Å²) in [7, 11) is 0. The molecule has 1 aliphatic carbocycles. The van der Waals surface area contributed by atoms with Gasteiger partial charge in [-0.3, -0.25) is 0 Å². The van der Waals surface area contributed by atoms with Gasteiger partial charge in [-0.05, 0) is 18.9 Å². The number of halogens is 1. The maximum absolute atomic E-state index is 13.7. The molecule has 17 heavy (non-hydrogen) atoms. The summed E-state index contributed by atoms with van der Waals surface area (Å²) in [6.45, 7) is 0.631. The van der Waals surface area contributed by atoms with Crippen molar-refractivity contribution in [3.63, 3.8) is 0 Å². The van der Waals surface area contributed by atoms with Crippen LogP contribution >= 0.6 is 0 Å². The molecule has 1 aromatic carbocycles. The van der Waals surface area contributed by atoms with E-state index in [-0.39, 0.29) is 17.8 Å². The molecule has 2 atom stereocenters. The van der Waals surface area contributed by atoms with Crippen molar-refractivity contribution in [2.45, 2.75) is 31.1 Å². The molecule has 3 heteroatoms. The molecule has 1 heterocycles. The Hall–Kier alpha value is -1.09. The second-order valence-electron chi connectivity index (χ2n) is 5.18. The number of aliphatic hydroxyl groups is 1. The van der Waals surface area contributed by atoms with Crippen molar-refractivity contribution in [2.75, 3.05) is 13.2 Å². The van der Waals surface area contributed by atoms with Gasteiger partial charge in [0.25, 0.3) is 0 Å². The molecule has 0 aromatic heterocycles. The molecule has 1 N–H and O–H groups in total. The number of aliphatic hydroxyl groups excluding tert-OH is 1. The first-order valence-corrected chi connectivity index (χ1v) is 6.30. The van der Waals surface area contributed by atoms with Crippen molar-refractivity contribution in [3.05, 3.63) is 29.6 Å². The number of hydrogen-bond acceptors (Lipinski definition) is 2. The Bertz CT molecular complexity index is 432. The van der Waals surface area contributed by atoms with E-state index in [9.17, 15) is 9.50 Å². The monoisotopic (exact) mass is 236 g/mol. The van der Waals surface area contributed by atoms with Gasteiger partial charge in [0.2, 0.25) is 0 Å². The van der Waals surface area contributed by atoms with E-state index in [4.69, 9.17) is 4.74 Å². The van der Waals surface area contributed by atoms with Crippen molar-refractivity contribution in [1.29, 1.82) is 0 Å². The van der Waals surface area contributed by atoms with Crippen LogP contribution in [0.5, 0.6) is 5.75 Å². The average molecular weight is 236 g/mol. The smallest absolute Gasteiger partial charge is 0.165 e. The van der Waals surface area contributed by atoms with Crippen LogP contribution < -0.4 is 4.74 Å². The molecule has 0 radical (unpaired) electrons. The van der Waals surface area contributed by atoms with Gasteiger partial charge >= 0.3 is 0 Å². The van der Waals surface area contributed by atoms with Gasteiger partial charge in [-0.2, -0.15) is 0 Å². The van der Waals surface area contributed by atoms with Gasteiger partial charge in [0.1, 0.15) is 0 Å². The minimum atomic E-state index is -0.306. The van der Waals surface area contributed by atoms with Gasteiger partial charge in [0.05, 0.1) is 13.2 Å². The summed E-state index contributed by atoms with van der Waals surface area (Å²) in [6.07, 6.45) is 4.29. The number of ether oxygens (including phenoxy) is 1. The van der Waals surface area contributed by atoms with Crippen LogP contribution in [0.1, 0.15) is 31.2 Å². The lowest BCUT2D eigenvalue weighted by molar-refractivity contribution is 0.0375. The van der Waals surface area contributed by atoms with Crippen molar-refractivity contribution >= 4 is 0 Å². The van der Waals surface area contributed by atoms with E-state index in [0.29, 0.717) is 18.3 Å². The van der Waals surface area contributed by atoms with Gasteiger partial charge in [-0.25, -0.2) is 4.39 Å². The van der Waals surface area contributed by atoms with E-state index in [1.54, 1.807) is 6.07 Å². The Morgan fingerprint density at radius 2 is 2.29 bits per heavy atom. The van der Waals surface area contributed by atoms with E-state index in [2.05, 4.69) is 0 Å². The molecule has 2 unspecified atom stereocenters. The molecule has 0 bridgehead atoms. The maximum Gasteiger partial charge on any atom is 0.165 e. The van der Waals surface area contributed by atoms with E-state index in [1.807, 2.05) is 6.07 Å². The van der Waals surface area contributed by atoms with Gasteiger partial charge in [0.15, 0.2) is 11.6 Å². The largest absolute Gasteiger partial charge is 0.490 e. The molecule has 0 saturated heterocycles. The molecule has 2 nitrogen and oxygen atoms in total. The third-order valence-electron chi connectivity index (χ3n) is 4.42. The zero-order valence-corrected chi connectivity index (χ0v) is 9.79. The molecule has 2 aliphatic rings. The van der Waals surface area contributed by atoms with E-state index in [1.165, 1.54) is 12.5 Å². The van der Waals surface area contributed by atoms with Crippen LogP contribution in [-0.4, -0.2) is 18.3 Å². The predicted octanol–water partition coefficient (Wildman–Crippen LogP) is 2.64. The summed E-state index contributed by atoms with van der Waals surface area (Å²) in [5, 5.41) is 9.84. The maximum atomic E-state index is 13.7. The standard InChI is InChI=1S/C14H17FO2/c15-12-6-3-5-11-13(12)17-8-10-4-1-2-7-14(10,11)9-16/h3,5-6,10,16H,1-2,4,7-9H2. The summed E-state index contributed by atoms with van der Waals surface area (Å²) in [5.41, 5.74) is 0.601. The van der Waals surface area contributed by atoms with Crippen LogP contribution in [0, 0.1) is 11.7 Å². The van der Waals surface area contributed by atoms with Crippen LogP contribution in [0.3, 0.4) is 0 Å². The lowest BCUT2D eigenvalue weighted by Crippen LogP contribution is -2.47. The fourth-order valence-corrected chi connectivity index (χ4v) is 3.43. The number of para-hydroxylation sites is 1. The quantitative estimate of drug-likeness (QED) is 0.812. The summed E-state index contributed by atoms with van der Waals surface area (Å²) in [4.78, 5) is 0. The first-order chi connectivity index (χ1) is 8.28. The molecule has 0 amide bonds. The van der Waals surface area contributed by atoms with Crippen LogP contribution in [-0.2, 0) is 5.41 Å². The van der Waals surface area contributed by atoms with Crippen molar-refractivity contribution in [3.8, 4) is 5.75 Å². The predicted molar refractivity (Wildman–Crippen MR) is 62.6 cm³/mol. The highest BCUT2D eigenvalue weighted by atomic mass is 19.1. The van der Waals surface area contributed by atoms with Gasteiger partial charge in [-0.1, -0.05) is 25.0 Å². The minimum Gasteiger partial charge on any atom is -0.490 e. The van der Waals surface area contributed by atoms with E-state index >= 15 is 0 Å². The molecule has 92 valence electrons. The van der Waals surface area contributed by atoms with Crippen LogP contribution in [0.15, 0.2) is 18.2 Å². The number of rotatable bonds is 1. The van der Waals surface area contributed by atoms with Gasteiger partial charge in [-0.15, -0.1) is 0 Å². The normalized spacial score (nSPS) is 31.3. The van der Waals surface area contributed by atoms with Gasteiger partial charge < -0.3 is 9.84 Å². The SMILES string of the molecule is OCC12CCCCC1COc1c(F)cccc12. The highest BCUT2D eigenvalue weighted by Crippen LogP contribution is 2.50. The molecular formula is C14H17FO2. The summed E-state index contributed by atoms with van der Waals surface area (Å²) in [6, 6.07) is 5.05. The third-order valence-corrected chi connectivity index (χ3v) is 4.42. The molecule has 3 rings (SSSR count). The average Bonchev–Trinajstić information content (AvgIpc) is 2.38. The Balaban J connectivity index is 2.14. The Labute approximate surface area is 100 Å². The molecule has 1 fully saturated rings.